The molecule has 0 saturated carbocycles. The van der Waals surface area contributed by atoms with Crippen LogP contribution in [-0.4, -0.2) is 37.2 Å². The Labute approximate surface area is 193 Å². The van der Waals surface area contributed by atoms with Gasteiger partial charge in [0.25, 0.3) is 5.91 Å². The quantitative estimate of drug-likeness (QED) is 0.524. The Morgan fingerprint density at radius 3 is 2.39 bits per heavy atom. The Morgan fingerprint density at radius 1 is 0.879 bits per heavy atom. The Morgan fingerprint density at radius 2 is 1.61 bits per heavy atom. The van der Waals surface area contributed by atoms with Crippen LogP contribution in [0.1, 0.15) is 30.0 Å². The van der Waals surface area contributed by atoms with E-state index in [1.165, 1.54) is 0 Å². The van der Waals surface area contributed by atoms with Crippen molar-refractivity contribution in [2.24, 2.45) is 0 Å². The largest absolute Gasteiger partial charge is 0.489 e. The molecule has 0 bridgehead atoms. The molecule has 0 spiro atoms. The van der Waals surface area contributed by atoms with Crippen LogP contribution >= 0.6 is 0 Å². The number of likely N-dealkylation sites (tertiary alicyclic amines) is 1. The number of fused-ring (bicyclic) bond motifs is 1. The maximum Gasteiger partial charge on any atom is 0.261 e. The van der Waals surface area contributed by atoms with E-state index in [4.69, 9.17) is 18.9 Å². The number of hydrogen-bond acceptors (Lipinski definition) is 5. The van der Waals surface area contributed by atoms with Gasteiger partial charge in [-0.15, -0.1) is 0 Å². The van der Waals surface area contributed by atoms with Crippen LogP contribution in [0.5, 0.6) is 23.0 Å². The van der Waals surface area contributed by atoms with Gasteiger partial charge < -0.3 is 23.8 Å². The Kier molecular flexibility index (Phi) is 6.33. The SMILES string of the molecule is O=C(COc1ccc(OCc2ccccc2)cc1)N1CCCC1c1ccc2c(c1)OCCO2. The van der Waals surface area contributed by atoms with Gasteiger partial charge in [0.1, 0.15) is 31.3 Å². The van der Waals surface area contributed by atoms with Crippen molar-refractivity contribution >= 4 is 5.91 Å². The minimum Gasteiger partial charge on any atom is -0.489 e. The molecule has 6 heteroatoms. The lowest BCUT2D eigenvalue weighted by atomic mass is 10.0. The third-order valence-electron chi connectivity index (χ3n) is 5.96. The zero-order valence-corrected chi connectivity index (χ0v) is 18.4. The number of benzene rings is 3. The van der Waals surface area contributed by atoms with E-state index in [9.17, 15) is 4.79 Å². The van der Waals surface area contributed by atoms with Crippen LogP contribution in [0.25, 0.3) is 0 Å². The average molecular weight is 446 g/mol. The van der Waals surface area contributed by atoms with E-state index in [0.717, 1.165) is 47.8 Å². The van der Waals surface area contributed by atoms with E-state index in [-0.39, 0.29) is 18.6 Å². The van der Waals surface area contributed by atoms with Crippen molar-refractivity contribution in [3.63, 3.8) is 0 Å². The van der Waals surface area contributed by atoms with Gasteiger partial charge >= 0.3 is 0 Å². The van der Waals surface area contributed by atoms with Gasteiger partial charge in [0.15, 0.2) is 18.1 Å². The fourth-order valence-corrected chi connectivity index (χ4v) is 4.28. The molecule has 0 N–H and O–H groups in total. The smallest absolute Gasteiger partial charge is 0.261 e. The lowest BCUT2D eigenvalue weighted by Crippen LogP contribution is -2.34. The standard InChI is InChI=1S/C27H27NO5/c29-27(19-33-23-11-9-22(10-12-23)32-18-20-5-2-1-3-6-20)28-14-4-7-24(28)21-8-13-25-26(17-21)31-16-15-30-25/h1-3,5-6,8-13,17,24H,4,7,14-16,18-19H2. The van der Waals surface area contributed by atoms with Crippen molar-refractivity contribution in [3.8, 4) is 23.0 Å². The van der Waals surface area contributed by atoms with Gasteiger partial charge in [-0.05, 0) is 60.4 Å². The minimum atomic E-state index is -0.0169. The highest BCUT2D eigenvalue weighted by Gasteiger charge is 2.31. The lowest BCUT2D eigenvalue weighted by Gasteiger charge is -2.26. The van der Waals surface area contributed by atoms with E-state index < -0.39 is 0 Å². The molecule has 0 aliphatic carbocycles. The zero-order chi connectivity index (χ0) is 22.5. The molecule has 5 rings (SSSR count). The summed E-state index contributed by atoms with van der Waals surface area (Å²) in [6, 6.07) is 23.4. The Hall–Kier alpha value is -3.67. The number of amides is 1. The molecule has 3 aromatic carbocycles. The number of carbonyl (C=O) groups excluding carboxylic acids is 1. The van der Waals surface area contributed by atoms with E-state index in [2.05, 4.69) is 0 Å². The summed E-state index contributed by atoms with van der Waals surface area (Å²) < 4.78 is 22.9. The topological polar surface area (TPSA) is 57.2 Å². The maximum atomic E-state index is 12.9. The number of nitrogens with zero attached hydrogens (tertiary/aromatic N) is 1. The van der Waals surface area contributed by atoms with Gasteiger partial charge in [-0.25, -0.2) is 0 Å². The second kappa shape index (κ2) is 9.86. The van der Waals surface area contributed by atoms with Crippen molar-refractivity contribution in [2.45, 2.75) is 25.5 Å². The second-order valence-corrected chi connectivity index (χ2v) is 8.18. The Balaban J connectivity index is 1.16. The minimum absolute atomic E-state index is 0.00523. The van der Waals surface area contributed by atoms with E-state index in [0.29, 0.717) is 25.6 Å². The van der Waals surface area contributed by atoms with Crippen LogP contribution in [-0.2, 0) is 11.4 Å². The van der Waals surface area contributed by atoms with Gasteiger partial charge in [-0.1, -0.05) is 36.4 Å². The zero-order valence-electron chi connectivity index (χ0n) is 18.4. The van der Waals surface area contributed by atoms with Gasteiger partial charge in [0.2, 0.25) is 0 Å². The van der Waals surface area contributed by atoms with Crippen molar-refractivity contribution in [2.75, 3.05) is 26.4 Å². The molecule has 1 amide bonds. The molecule has 6 nitrogen and oxygen atoms in total. The molecule has 2 aliphatic heterocycles. The highest BCUT2D eigenvalue weighted by atomic mass is 16.6. The highest BCUT2D eigenvalue weighted by Crippen LogP contribution is 2.38. The molecule has 0 aromatic heterocycles. The third-order valence-corrected chi connectivity index (χ3v) is 5.96. The summed E-state index contributed by atoms with van der Waals surface area (Å²) in [4.78, 5) is 14.8. The van der Waals surface area contributed by atoms with Gasteiger partial charge in [0, 0.05) is 6.54 Å². The van der Waals surface area contributed by atoms with Crippen LogP contribution in [0.2, 0.25) is 0 Å². The molecule has 3 aromatic rings. The molecule has 1 unspecified atom stereocenters. The first-order valence-corrected chi connectivity index (χ1v) is 11.3. The number of hydrogen-bond donors (Lipinski definition) is 0. The monoisotopic (exact) mass is 445 g/mol. The number of rotatable bonds is 7. The summed E-state index contributed by atoms with van der Waals surface area (Å²) in [7, 11) is 0. The van der Waals surface area contributed by atoms with Crippen molar-refractivity contribution in [1.29, 1.82) is 0 Å². The van der Waals surface area contributed by atoms with Crippen LogP contribution in [0.15, 0.2) is 72.8 Å². The van der Waals surface area contributed by atoms with E-state index in [1.54, 1.807) is 0 Å². The van der Waals surface area contributed by atoms with E-state index in [1.807, 2.05) is 77.7 Å². The predicted octanol–water partition coefficient (Wildman–Crippen LogP) is 4.78. The molecule has 170 valence electrons. The molecule has 33 heavy (non-hydrogen) atoms. The highest BCUT2D eigenvalue weighted by molar-refractivity contribution is 5.78. The van der Waals surface area contributed by atoms with Crippen molar-refractivity contribution < 1.29 is 23.7 Å². The number of ether oxygens (including phenoxy) is 4. The Bertz CT molecular complexity index is 1080. The molecular formula is C27H27NO5. The molecular weight excluding hydrogens is 418 g/mol. The molecule has 2 heterocycles. The lowest BCUT2D eigenvalue weighted by molar-refractivity contribution is -0.134. The summed E-state index contributed by atoms with van der Waals surface area (Å²) in [5.74, 6) is 2.90. The molecule has 1 fully saturated rings. The molecule has 0 radical (unpaired) electrons. The predicted molar refractivity (Wildman–Crippen MR) is 124 cm³/mol. The second-order valence-electron chi connectivity index (χ2n) is 8.18. The van der Waals surface area contributed by atoms with Crippen LogP contribution in [0, 0.1) is 0 Å². The summed E-state index contributed by atoms with van der Waals surface area (Å²) in [6.07, 6.45) is 1.90. The molecule has 1 saturated heterocycles. The van der Waals surface area contributed by atoms with E-state index >= 15 is 0 Å². The first-order chi connectivity index (χ1) is 16.3. The van der Waals surface area contributed by atoms with Gasteiger partial charge in [0.05, 0.1) is 6.04 Å². The van der Waals surface area contributed by atoms with Crippen molar-refractivity contribution in [1.82, 2.24) is 4.90 Å². The summed E-state index contributed by atoms with van der Waals surface area (Å²) in [5.41, 5.74) is 2.19. The summed E-state index contributed by atoms with van der Waals surface area (Å²) in [6.45, 7) is 2.36. The van der Waals surface area contributed by atoms with Crippen LogP contribution < -0.4 is 18.9 Å². The fraction of sp³-hybridized carbons (Fsp3) is 0.296. The molecule has 2 aliphatic rings. The summed E-state index contributed by atoms with van der Waals surface area (Å²) in [5, 5.41) is 0. The van der Waals surface area contributed by atoms with Crippen LogP contribution in [0.4, 0.5) is 0 Å². The molecule has 1 atom stereocenters. The maximum absolute atomic E-state index is 12.9. The van der Waals surface area contributed by atoms with Crippen molar-refractivity contribution in [3.05, 3.63) is 83.9 Å². The first-order valence-electron chi connectivity index (χ1n) is 11.3. The third kappa shape index (κ3) is 5.06. The normalized spacial score (nSPS) is 17.0. The summed E-state index contributed by atoms with van der Waals surface area (Å²) >= 11 is 0. The average Bonchev–Trinajstić information content (AvgIpc) is 3.37. The van der Waals surface area contributed by atoms with Gasteiger partial charge in [-0.3, -0.25) is 4.79 Å². The fourth-order valence-electron chi connectivity index (χ4n) is 4.28. The van der Waals surface area contributed by atoms with Crippen LogP contribution in [0.3, 0.4) is 0 Å². The first kappa shape index (κ1) is 21.2. The van der Waals surface area contributed by atoms with Gasteiger partial charge in [-0.2, -0.15) is 0 Å². The number of carbonyl (C=O) groups is 1.